The second kappa shape index (κ2) is 11.0. The molecule has 1 fully saturated rings. The van der Waals surface area contributed by atoms with Gasteiger partial charge in [-0.3, -0.25) is 14.5 Å². The Morgan fingerprint density at radius 1 is 1.14 bits per heavy atom. The van der Waals surface area contributed by atoms with Crippen LogP contribution in [0.4, 0.5) is 15.8 Å². The van der Waals surface area contributed by atoms with E-state index in [1.54, 1.807) is 35.6 Å². The molecule has 1 saturated heterocycles. The average molecular weight is 512 g/mol. The molecule has 1 aromatic heterocycles. The third kappa shape index (κ3) is 5.68. The van der Waals surface area contributed by atoms with Gasteiger partial charge in [-0.2, -0.15) is 0 Å². The molecule has 0 aliphatic carbocycles. The molecular weight excluding hydrogens is 485 g/mol. The number of carbonyl (C=O) groups is 2. The van der Waals surface area contributed by atoms with Crippen LogP contribution in [-0.2, 0) is 16.0 Å². The van der Waals surface area contributed by atoms with Crippen molar-refractivity contribution in [3.63, 3.8) is 0 Å². The molecule has 1 aliphatic rings. The number of benzene rings is 2. The van der Waals surface area contributed by atoms with E-state index in [1.807, 2.05) is 17.2 Å². The third-order valence-corrected chi connectivity index (χ3v) is 7.28. The van der Waals surface area contributed by atoms with E-state index in [0.717, 1.165) is 0 Å². The molecule has 2 heterocycles. The van der Waals surface area contributed by atoms with Crippen LogP contribution >= 0.6 is 23.6 Å². The van der Waals surface area contributed by atoms with Gasteiger partial charge in [0.15, 0.2) is 5.11 Å². The molecule has 2 amide bonds. The molecule has 2 aromatic carbocycles. The van der Waals surface area contributed by atoms with Crippen LogP contribution in [0.5, 0.6) is 5.75 Å². The maximum Gasteiger partial charge on any atom is 0.256 e. The molecule has 0 saturated carbocycles. The van der Waals surface area contributed by atoms with E-state index in [2.05, 4.69) is 18.3 Å². The van der Waals surface area contributed by atoms with Crippen molar-refractivity contribution in [1.82, 2.24) is 4.90 Å². The van der Waals surface area contributed by atoms with Gasteiger partial charge in [-0.1, -0.05) is 0 Å². The summed E-state index contributed by atoms with van der Waals surface area (Å²) in [5, 5.41) is 5.15. The number of thiophene rings is 1. The van der Waals surface area contributed by atoms with Crippen LogP contribution in [0.25, 0.3) is 0 Å². The lowest BCUT2D eigenvalue weighted by atomic mass is 10.1. The van der Waals surface area contributed by atoms with Gasteiger partial charge in [0.2, 0.25) is 5.91 Å². The predicted octanol–water partition coefficient (Wildman–Crippen LogP) is 5.17. The van der Waals surface area contributed by atoms with Gasteiger partial charge in [-0.25, -0.2) is 4.39 Å². The minimum Gasteiger partial charge on any atom is -0.494 e. The molecule has 9 heteroatoms. The van der Waals surface area contributed by atoms with Crippen molar-refractivity contribution < 1.29 is 18.7 Å². The van der Waals surface area contributed by atoms with Crippen molar-refractivity contribution >= 4 is 51.9 Å². The maximum absolute atomic E-state index is 13.5. The van der Waals surface area contributed by atoms with Gasteiger partial charge in [0.25, 0.3) is 5.91 Å². The number of rotatable bonds is 9. The van der Waals surface area contributed by atoms with E-state index in [1.165, 1.54) is 39.6 Å². The summed E-state index contributed by atoms with van der Waals surface area (Å²) in [6.45, 7) is 5.01. The van der Waals surface area contributed by atoms with E-state index in [9.17, 15) is 14.0 Å². The highest BCUT2D eigenvalue weighted by atomic mass is 32.1. The predicted molar refractivity (Wildman–Crippen MR) is 141 cm³/mol. The van der Waals surface area contributed by atoms with Crippen LogP contribution in [-0.4, -0.2) is 41.0 Å². The Labute approximate surface area is 213 Å². The number of nitrogens with zero attached hydrogens (tertiary/aromatic N) is 2. The lowest BCUT2D eigenvalue weighted by Crippen LogP contribution is -2.39. The standard InChI is InChI=1S/C26H26FN3O3S2/c1-3-33-21-10-8-20(9-11-21)30-25(32)22(16-24(31)28-19-6-4-18(27)5-7-19)29(26(30)34)14-12-23-17(2)13-15-35-23/h4-11,13,15,22H,3,12,14,16H2,1-2H3,(H,28,31)/t22-/m1/s1. The Morgan fingerprint density at radius 3 is 2.49 bits per heavy atom. The summed E-state index contributed by atoms with van der Waals surface area (Å²) in [6.07, 6.45) is 0.636. The van der Waals surface area contributed by atoms with Crippen molar-refractivity contribution in [1.29, 1.82) is 0 Å². The first-order chi connectivity index (χ1) is 16.9. The number of hydrogen-bond acceptors (Lipinski definition) is 5. The number of anilines is 2. The average Bonchev–Trinajstić information content (AvgIpc) is 3.35. The lowest BCUT2D eigenvalue weighted by molar-refractivity contribution is -0.124. The minimum absolute atomic E-state index is 0.0761. The summed E-state index contributed by atoms with van der Waals surface area (Å²) in [4.78, 5) is 30.9. The van der Waals surface area contributed by atoms with E-state index in [0.29, 0.717) is 41.8 Å². The van der Waals surface area contributed by atoms with E-state index >= 15 is 0 Å². The van der Waals surface area contributed by atoms with Crippen molar-refractivity contribution in [3.05, 3.63) is 76.2 Å². The number of thiocarbonyl (C=S) groups is 1. The molecule has 4 rings (SSSR count). The first kappa shape index (κ1) is 24.8. The Hall–Kier alpha value is -3.30. The summed E-state index contributed by atoms with van der Waals surface area (Å²) in [7, 11) is 0. The quantitative estimate of drug-likeness (QED) is 0.402. The number of aryl methyl sites for hydroxylation is 1. The number of halogens is 1. The molecule has 1 aliphatic heterocycles. The van der Waals surface area contributed by atoms with Gasteiger partial charge < -0.3 is 15.0 Å². The fourth-order valence-corrected chi connectivity index (χ4v) is 5.30. The van der Waals surface area contributed by atoms with Crippen LogP contribution in [0.15, 0.2) is 60.0 Å². The molecule has 0 unspecified atom stereocenters. The normalized spacial score (nSPS) is 15.6. The molecule has 0 spiro atoms. The molecule has 182 valence electrons. The van der Waals surface area contributed by atoms with E-state index in [-0.39, 0.29) is 24.1 Å². The summed E-state index contributed by atoms with van der Waals surface area (Å²) < 4.78 is 18.7. The number of ether oxygens (including phenoxy) is 1. The summed E-state index contributed by atoms with van der Waals surface area (Å²) in [5.74, 6) is -0.283. The van der Waals surface area contributed by atoms with Crippen LogP contribution < -0.4 is 15.0 Å². The van der Waals surface area contributed by atoms with Crippen molar-refractivity contribution in [3.8, 4) is 5.75 Å². The van der Waals surface area contributed by atoms with Gasteiger partial charge in [0.05, 0.1) is 18.7 Å². The van der Waals surface area contributed by atoms with Gasteiger partial charge in [-0.05, 0) is 98.0 Å². The molecular formula is C26H26FN3O3S2. The first-order valence-electron chi connectivity index (χ1n) is 11.3. The fourth-order valence-electron chi connectivity index (χ4n) is 3.99. The second-order valence-corrected chi connectivity index (χ2v) is 9.49. The Balaban J connectivity index is 1.55. The largest absolute Gasteiger partial charge is 0.494 e. The Morgan fingerprint density at radius 2 is 1.86 bits per heavy atom. The molecule has 35 heavy (non-hydrogen) atoms. The summed E-state index contributed by atoms with van der Waals surface area (Å²) >= 11 is 7.40. The Kier molecular flexibility index (Phi) is 7.77. The Bertz CT molecular complexity index is 1210. The zero-order chi connectivity index (χ0) is 24.9. The zero-order valence-corrected chi connectivity index (χ0v) is 21.1. The number of nitrogens with one attached hydrogen (secondary N) is 1. The topological polar surface area (TPSA) is 61.9 Å². The van der Waals surface area contributed by atoms with Gasteiger partial charge >= 0.3 is 0 Å². The van der Waals surface area contributed by atoms with Crippen LogP contribution in [0.2, 0.25) is 0 Å². The smallest absolute Gasteiger partial charge is 0.256 e. The summed E-state index contributed by atoms with van der Waals surface area (Å²) in [5.41, 5.74) is 2.29. The zero-order valence-electron chi connectivity index (χ0n) is 19.5. The highest BCUT2D eigenvalue weighted by Gasteiger charge is 2.44. The van der Waals surface area contributed by atoms with Crippen LogP contribution in [0, 0.1) is 12.7 Å². The molecule has 0 radical (unpaired) electrons. The number of hydrogen-bond donors (Lipinski definition) is 1. The third-order valence-electron chi connectivity index (χ3n) is 5.78. The highest BCUT2D eigenvalue weighted by Crippen LogP contribution is 2.30. The molecule has 0 bridgehead atoms. The van der Waals surface area contributed by atoms with Gasteiger partial charge in [-0.15, -0.1) is 11.3 Å². The van der Waals surface area contributed by atoms with Crippen molar-refractivity contribution in [2.75, 3.05) is 23.4 Å². The van der Waals surface area contributed by atoms with Gasteiger partial charge in [0, 0.05) is 17.1 Å². The van der Waals surface area contributed by atoms with Crippen LogP contribution in [0.1, 0.15) is 23.8 Å². The number of carbonyl (C=O) groups excluding carboxylic acids is 2. The van der Waals surface area contributed by atoms with E-state index in [4.69, 9.17) is 17.0 Å². The molecule has 3 aromatic rings. The minimum atomic E-state index is -0.741. The second-order valence-electron chi connectivity index (χ2n) is 8.13. The highest BCUT2D eigenvalue weighted by molar-refractivity contribution is 7.80. The number of amides is 2. The van der Waals surface area contributed by atoms with Crippen molar-refractivity contribution in [2.24, 2.45) is 0 Å². The van der Waals surface area contributed by atoms with E-state index < -0.39 is 6.04 Å². The van der Waals surface area contributed by atoms with Crippen molar-refractivity contribution in [2.45, 2.75) is 32.7 Å². The fraction of sp³-hybridized carbons (Fsp3) is 0.269. The molecule has 6 nitrogen and oxygen atoms in total. The first-order valence-corrected chi connectivity index (χ1v) is 12.6. The SMILES string of the molecule is CCOc1ccc(N2C(=O)[C@@H](CC(=O)Nc3ccc(F)cc3)N(CCc3sccc3C)C2=S)cc1. The van der Waals surface area contributed by atoms with Gasteiger partial charge in [0.1, 0.15) is 17.6 Å². The lowest BCUT2D eigenvalue weighted by Gasteiger charge is -2.24. The molecule has 1 N–H and O–H groups in total. The monoisotopic (exact) mass is 511 g/mol. The maximum atomic E-state index is 13.5. The van der Waals surface area contributed by atoms with Crippen LogP contribution in [0.3, 0.4) is 0 Å². The molecule has 1 atom stereocenters. The summed E-state index contributed by atoms with van der Waals surface area (Å²) in [6, 6.07) is 14.0.